The fourth-order valence-electron chi connectivity index (χ4n) is 8.08. The molecular formula is C45H41N. The molecule has 5 aromatic carbocycles. The van der Waals surface area contributed by atoms with Gasteiger partial charge in [0.2, 0.25) is 0 Å². The molecule has 0 bridgehead atoms. The highest BCUT2D eigenvalue weighted by molar-refractivity contribution is 5.86. The molecule has 226 valence electrons. The van der Waals surface area contributed by atoms with E-state index in [0.29, 0.717) is 0 Å². The zero-order valence-electron chi connectivity index (χ0n) is 27.3. The molecule has 46 heavy (non-hydrogen) atoms. The minimum atomic E-state index is -0.129. The van der Waals surface area contributed by atoms with Crippen LogP contribution in [0.5, 0.6) is 0 Å². The predicted octanol–water partition coefficient (Wildman–Crippen LogP) is 12.2. The lowest BCUT2D eigenvalue weighted by molar-refractivity contribution is 0.631. The highest BCUT2D eigenvalue weighted by Gasteiger charge is 2.37. The van der Waals surface area contributed by atoms with Crippen LogP contribution in [0.4, 0.5) is 17.1 Å². The highest BCUT2D eigenvalue weighted by atomic mass is 15.2. The Morgan fingerprint density at radius 3 is 2.11 bits per heavy atom. The Kier molecular flexibility index (Phi) is 6.76. The molecule has 0 amide bonds. The van der Waals surface area contributed by atoms with E-state index < -0.39 is 0 Å². The molecule has 0 spiro atoms. The summed E-state index contributed by atoms with van der Waals surface area (Å²) < 4.78 is 0. The number of nitrogens with zero attached hydrogens (tertiary/aromatic N) is 1. The lowest BCUT2D eigenvalue weighted by Gasteiger charge is -2.42. The van der Waals surface area contributed by atoms with Gasteiger partial charge in [-0.3, -0.25) is 0 Å². The largest absolute Gasteiger partial charge is 0.310 e. The van der Waals surface area contributed by atoms with Crippen molar-refractivity contribution in [3.05, 3.63) is 179 Å². The molecule has 5 aromatic rings. The third-order valence-electron chi connectivity index (χ3n) is 10.6. The third kappa shape index (κ3) is 4.52. The van der Waals surface area contributed by atoms with Crippen LogP contribution in [0.25, 0.3) is 17.2 Å². The summed E-state index contributed by atoms with van der Waals surface area (Å²) >= 11 is 0. The first kappa shape index (κ1) is 28.6. The summed E-state index contributed by atoms with van der Waals surface area (Å²) in [5.41, 5.74) is 15.8. The molecule has 1 nitrogen and oxygen atoms in total. The van der Waals surface area contributed by atoms with E-state index >= 15 is 0 Å². The van der Waals surface area contributed by atoms with E-state index in [1.165, 1.54) is 67.1 Å². The minimum absolute atomic E-state index is 0.0159. The van der Waals surface area contributed by atoms with Crippen LogP contribution in [-0.2, 0) is 10.8 Å². The second-order valence-electron chi connectivity index (χ2n) is 14.1. The first-order chi connectivity index (χ1) is 22.3. The van der Waals surface area contributed by atoms with Crippen molar-refractivity contribution >= 4 is 23.1 Å². The molecule has 0 aromatic heterocycles. The van der Waals surface area contributed by atoms with Gasteiger partial charge in [0.15, 0.2) is 0 Å². The summed E-state index contributed by atoms with van der Waals surface area (Å²) in [6.07, 6.45) is 14.1. The molecule has 0 fully saturated rings. The zero-order chi connectivity index (χ0) is 31.5. The quantitative estimate of drug-likeness (QED) is 0.195. The summed E-state index contributed by atoms with van der Waals surface area (Å²) in [7, 11) is 0. The molecule has 0 radical (unpaired) electrons. The Bertz CT molecular complexity index is 2050. The van der Waals surface area contributed by atoms with Crippen LogP contribution >= 0.6 is 0 Å². The molecule has 8 rings (SSSR count). The van der Waals surface area contributed by atoms with E-state index in [4.69, 9.17) is 0 Å². The molecule has 0 N–H and O–H groups in total. The van der Waals surface area contributed by atoms with Gasteiger partial charge in [0.05, 0.1) is 11.4 Å². The molecule has 3 aliphatic rings. The monoisotopic (exact) mass is 595 g/mol. The standard InChI is InChI=1S/C45H41N/c1-44(2)38-20-12-11-19-36(38)37-27-25-33(30-40(37)44)35(32-15-7-5-8-16-32)26-23-31-24-28-43-41(29-31)45(3,4)39-21-13-14-22-42(39)46(43)34-17-9-6-10-18-34/h6-7,9-30,35H,5,8H2,1-4H3/b26-23+. The Hall–Kier alpha value is -4.88. The second-order valence-corrected chi connectivity index (χ2v) is 14.1. The van der Waals surface area contributed by atoms with Crippen molar-refractivity contribution in [3.63, 3.8) is 0 Å². The number of rotatable bonds is 5. The van der Waals surface area contributed by atoms with E-state index in [9.17, 15) is 0 Å². The van der Waals surface area contributed by atoms with Crippen molar-refractivity contribution in [2.75, 3.05) is 4.90 Å². The van der Waals surface area contributed by atoms with Gasteiger partial charge in [0, 0.05) is 22.4 Å². The van der Waals surface area contributed by atoms with Crippen LogP contribution in [0.2, 0.25) is 0 Å². The number of hydrogen-bond acceptors (Lipinski definition) is 1. The number of anilines is 3. The Labute approximate surface area is 274 Å². The molecule has 0 saturated carbocycles. The van der Waals surface area contributed by atoms with E-state index in [0.717, 1.165) is 12.8 Å². The van der Waals surface area contributed by atoms with Crippen molar-refractivity contribution < 1.29 is 0 Å². The fourth-order valence-corrected chi connectivity index (χ4v) is 8.08. The lowest BCUT2D eigenvalue weighted by atomic mass is 9.73. The molecule has 1 heterocycles. The van der Waals surface area contributed by atoms with Gasteiger partial charge >= 0.3 is 0 Å². The molecule has 1 atom stereocenters. The Balaban J connectivity index is 1.21. The van der Waals surface area contributed by atoms with Gasteiger partial charge in [-0.2, -0.15) is 0 Å². The molecule has 1 aliphatic heterocycles. The third-order valence-corrected chi connectivity index (χ3v) is 10.6. The topological polar surface area (TPSA) is 3.24 Å². The second kappa shape index (κ2) is 10.9. The van der Waals surface area contributed by atoms with Crippen molar-refractivity contribution in [2.24, 2.45) is 0 Å². The SMILES string of the molecule is CC1(C)c2ccccc2-c2ccc(C(/C=C/c3ccc4c(c3)C(C)(C)c3ccccc3N4c3ccccc3)C3=CCCC=C3)cc21. The van der Waals surface area contributed by atoms with E-state index in [-0.39, 0.29) is 16.7 Å². The zero-order valence-corrected chi connectivity index (χ0v) is 27.3. The van der Waals surface area contributed by atoms with Crippen LogP contribution in [0.1, 0.15) is 79.8 Å². The number of benzene rings is 5. The molecule has 1 heteroatoms. The summed E-state index contributed by atoms with van der Waals surface area (Å²) in [4.78, 5) is 2.42. The fraction of sp³-hybridized carbons (Fsp3) is 0.200. The Morgan fingerprint density at radius 2 is 1.30 bits per heavy atom. The lowest BCUT2D eigenvalue weighted by Crippen LogP contribution is -2.30. The van der Waals surface area contributed by atoms with Gasteiger partial charge in [-0.1, -0.05) is 143 Å². The van der Waals surface area contributed by atoms with Gasteiger partial charge < -0.3 is 4.90 Å². The van der Waals surface area contributed by atoms with E-state index in [2.05, 4.69) is 178 Å². The first-order valence-corrected chi connectivity index (χ1v) is 16.7. The van der Waals surface area contributed by atoms with Gasteiger partial charge in [0.1, 0.15) is 0 Å². The summed E-state index contributed by atoms with van der Waals surface area (Å²) in [5.74, 6) is 0.187. The van der Waals surface area contributed by atoms with Crippen molar-refractivity contribution in [3.8, 4) is 11.1 Å². The summed E-state index contributed by atoms with van der Waals surface area (Å²) in [6, 6.07) is 42.8. The molecular weight excluding hydrogens is 555 g/mol. The maximum atomic E-state index is 2.48. The number of para-hydroxylation sites is 2. The van der Waals surface area contributed by atoms with Crippen LogP contribution < -0.4 is 4.90 Å². The Morgan fingerprint density at radius 1 is 0.609 bits per heavy atom. The maximum Gasteiger partial charge on any atom is 0.0503 e. The van der Waals surface area contributed by atoms with Crippen LogP contribution in [0, 0.1) is 0 Å². The van der Waals surface area contributed by atoms with Gasteiger partial charge in [-0.05, 0) is 93.3 Å². The van der Waals surface area contributed by atoms with Crippen molar-refractivity contribution in [1.29, 1.82) is 0 Å². The van der Waals surface area contributed by atoms with Gasteiger partial charge in [-0.15, -0.1) is 0 Å². The average Bonchev–Trinajstić information content (AvgIpc) is 3.32. The van der Waals surface area contributed by atoms with E-state index in [1.807, 2.05) is 0 Å². The smallest absolute Gasteiger partial charge is 0.0503 e. The molecule has 2 aliphatic carbocycles. The maximum absolute atomic E-state index is 2.48. The van der Waals surface area contributed by atoms with Gasteiger partial charge in [0.25, 0.3) is 0 Å². The number of fused-ring (bicyclic) bond motifs is 5. The van der Waals surface area contributed by atoms with E-state index in [1.54, 1.807) is 0 Å². The normalized spacial score (nSPS) is 17.6. The predicted molar refractivity (Wildman–Crippen MR) is 195 cm³/mol. The average molecular weight is 596 g/mol. The van der Waals surface area contributed by atoms with Crippen LogP contribution in [0.3, 0.4) is 0 Å². The summed E-state index contributed by atoms with van der Waals surface area (Å²) in [6.45, 7) is 9.48. The molecule has 0 saturated heterocycles. The number of allylic oxidation sites excluding steroid dienone is 5. The van der Waals surface area contributed by atoms with Gasteiger partial charge in [-0.25, -0.2) is 0 Å². The van der Waals surface area contributed by atoms with Crippen LogP contribution in [-0.4, -0.2) is 0 Å². The minimum Gasteiger partial charge on any atom is -0.310 e. The van der Waals surface area contributed by atoms with Crippen molar-refractivity contribution in [1.82, 2.24) is 0 Å². The number of hydrogen-bond donors (Lipinski definition) is 0. The van der Waals surface area contributed by atoms with Crippen molar-refractivity contribution in [2.45, 2.75) is 57.3 Å². The van der Waals surface area contributed by atoms with Crippen LogP contribution in [0.15, 0.2) is 145 Å². The molecule has 1 unspecified atom stereocenters. The highest BCUT2D eigenvalue weighted by Crippen LogP contribution is 2.52. The summed E-state index contributed by atoms with van der Waals surface area (Å²) in [5, 5.41) is 0. The first-order valence-electron chi connectivity index (χ1n) is 16.7.